The highest BCUT2D eigenvalue weighted by molar-refractivity contribution is 5.97. The van der Waals surface area contributed by atoms with Crippen LogP contribution in [0.3, 0.4) is 0 Å². The van der Waals surface area contributed by atoms with Crippen LogP contribution in [0.25, 0.3) is 12.2 Å². The molecule has 0 N–H and O–H groups in total. The summed E-state index contributed by atoms with van der Waals surface area (Å²) in [6.45, 7) is 0. The van der Waals surface area contributed by atoms with Crippen LogP contribution in [0, 0.1) is 0 Å². The molecule has 0 amide bonds. The second-order valence-corrected chi connectivity index (χ2v) is 5.95. The molecule has 6 nitrogen and oxygen atoms in total. The fourth-order valence-corrected chi connectivity index (χ4v) is 2.74. The van der Waals surface area contributed by atoms with Crippen molar-refractivity contribution in [2.75, 3.05) is 21.3 Å². The van der Waals surface area contributed by atoms with Gasteiger partial charge in [0.05, 0.1) is 21.3 Å². The first-order valence-corrected chi connectivity index (χ1v) is 8.85. The van der Waals surface area contributed by atoms with Crippen molar-refractivity contribution in [1.29, 1.82) is 0 Å². The number of benzene rings is 2. The number of rotatable bonds is 7. The SMILES string of the molecule is COc1cc(C=Cc2ccncc2)ccc1OC(=O)c1c(OC)cccc1OC. The Balaban J connectivity index is 1.85. The zero-order valence-electron chi connectivity index (χ0n) is 16.4. The first kappa shape index (κ1) is 19.9. The van der Waals surface area contributed by atoms with Crippen LogP contribution >= 0.6 is 0 Å². The quantitative estimate of drug-likeness (QED) is 0.436. The molecule has 3 rings (SSSR count). The van der Waals surface area contributed by atoms with E-state index < -0.39 is 5.97 Å². The number of aromatic nitrogens is 1. The maximum absolute atomic E-state index is 12.8. The lowest BCUT2D eigenvalue weighted by atomic mass is 10.1. The Morgan fingerprint density at radius 2 is 1.38 bits per heavy atom. The number of methoxy groups -OCH3 is 3. The normalized spacial score (nSPS) is 10.6. The lowest BCUT2D eigenvalue weighted by molar-refractivity contribution is 0.0722. The standard InChI is InChI=1S/C23H21NO5/c1-26-19-5-4-6-20(27-2)22(19)23(25)29-18-10-9-17(15-21(18)28-3)8-7-16-11-13-24-14-12-16/h4-15H,1-3H3. The molecular formula is C23H21NO5. The van der Waals surface area contributed by atoms with Crippen LogP contribution in [0.15, 0.2) is 60.9 Å². The summed E-state index contributed by atoms with van der Waals surface area (Å²) < 4.78 is 21.5. The molecule has 0 radical (unpaired) electrons. The Kier molecular flexibility index (Phi) is 6.47. The minimum absolute atomic E-state index is 0.209. The van der Waals surface area contributed by atoms with E-state index in [-0.39, 0.29) is 5.56 Å². The van der Waals surface area contributed by atoms with Gasteiger partial charge in [0.25, 0.3) is 0 Å². The van der Waals surface area contributed by atoms with E-state index in [9.17, 15) is 4.79 Å². The topological polar surface area (TPSA) is 66.9 Å². The maximum Gasteiger partial charge on any atom is 0.351 e. The molecule has 3 aromatic rings. The molecular weight excluding hydrogens is 370 g/mol. The van der Waals surface area contributed by atoms with Crippen molar-refractivity contribution in [3.63, 3.8) is 0 Å². The van der Waals surface area contributed by atoms with Crippen molar-refractivity contribution < 1.29 is 23.7 Å². The third kappa shape index (κ3) is 4.73. The third-order valence-electron chi connectivity index (χ3n) is 4.20. The third-order valence-corrected chi connectivity index (χ3v) is 4.20. The first-order chi connectivity index (χ1) is 14.2. The number of carbonyl (C=O) groups excluding carboxylic acids is 1. The molecule has 6 heteroatoms. The van der Waals surface area contributed by atoms with Crippen LogP contribution in [0.2, 0.25) is 0 Å². The van der Waals surface area contributed by atoms with Crippen molar-refractivity contribution in [3.05, 3.63) is 77.6 Å². The van der Waals surface area contributed by atoms with Gasteiger partial charge in [-0.2, -0.15) is 0 Å². The van der Waals surface area contributed by atoms with Crippen LogP contribution < -0.4 is 18.9 Å². The van der Waals surface area contributed by atoms with Crippen molar-refractivity contribution >= 4 is 18.1 Å². The van der Waals surface area contributed by atoms with Gasteiger partial charge in [0.15, 0.2) is 11.5 Å². The number of hydrogen-bond donors (Lipinski definition) is 0. The fourth-order valence-electron chi connectivity index (χ4n) is 2.74. The predicted octanol–water partition coefficient (Wildman–Crippen LogP) is 4.50. The Morgan fingerprint density at radius 1 is 0.759 bits per heavy atom. The Hall–Kier alpha value is -3.80. The van der Waals surface area contributed by atoms with Gasteiger partial charge >= 0.3 is 5.97 Å². The monoisotopic (exact) mass is 391 g/mol. The highest BCUT2D eigenvalue weighted by atomic mass is 16.6. The summed E-state index contributed by atoms with van der Waals surface area (Å²) in [6.07, 6.45) is 7.36. The summed E-state index contributed by atoms with van der Waals surface area (Å²) in [5.41, 5.74) is 2.13. The van der Waals surface area contributed by atoms with Crippen molar-refractivity contribution in [2.45, 2.75) is 0 Å². The molecule has 0 saturated heterocycles. The van der Waals surface area contributed by atoms with Gasteiger partial charge < -0.3 is 18.9 Å². The van der Waals surface area contributed by atoms with Crippen LogP contribution in [-0.4, -0.2) is 32.3 Å². The first-order valence-electron chi connectivity index (χ1n) is 8.85. The van der Waals surface area contributed by atoms with E-state index in [2.05, 4.69) is 4.98 Å². The van der Waals surface area contributed by atoms with Crippen molar-refractivity contribution in [2.24, 2.45) is 0 Å². The second-order valence-electron chi connectivity index (χ2n) is 5.95. The maximum atomic E-state index is 12.8. The molecule has 0 atom stereocenters. The van der Waals surface area contributed by atoms with Crippen molar-refractivity contribution in [1.82, 2.24) is 4.98 Å². The molecule has 1 heterocycles. The molecule has 2 aromatic carbocycles. The number of hydrogen-bond acceptors (Lipinski definition) is 6. The van der Waals surface area contributed by atoms with Crippen molar-refractivity contribution in [3.8, 4) is 23.0 Å². The fraction of sp³-hybridized carbons (Fsp3) is 0.130. The highest BCUT2D eigenvalue weighted by Gasteiger charge is 2.21. The minimum atomic E-state index is -0.599. The highest BCUT2D eigenvalue weighted by Crippen LogP contribution is 2.33. The van der Waals surface area contributed by atoms with Crippen LogP contribution in [0.1, 0.15) is 21.5 Å². The van der Waals surface area contributed by atoms with Crippen LogP contribution in [-0.2, 0) is 0 Å². The van der Waals surface area contributed by atoms with Gasteiger partial charge in [0, 0.05) is 12.4 Å². The average Bonchev–Trinajstić information content (AvgIpc) is 2.78. The summed E-state index contributed by atoms with van der Waals surface area (Å²) in [5.74, 6) is 0.865. The summed E-state index contributed by atoms with van der Waals surface area (Å²) in [4.78, 5) is 16.8. The molecule has 148 valence electrons. The molecule has 29 heavy (non-hydrogen) atoms. The Bertz CT molecular complexity index is 993. The van der Waals surface area contributed by atoms with Gasteiger partial charge in [0.1, 0.15) is 17.1 Å². The summed E-state index contributed by atoms with van der Waals surface area (Å²) in [6, 6.07) is 14.2. The molecule has 0 aliphatic rings. The van der Waals surface area contributed by atoms with E-state index in [0.717, 1.165) is 11.1 Å². The predicted molar refractivity (Wildman–Crippen MR) is 111 cm³/mol. The van der Waals surface area contributed by atoms with Gasteiger partial charge in [0.2, 0.25) is 0 Å². The minimum Gasteiger partial charge on any atom is -0.496 e. The molecule has 0 fully saturated rings. The lowest BCUT2D eigenvalue weighted by Crippen LogP contribution is -2.12. The van der Waals surface area contributed by atoms with Gasteiger partial charge in [-0.3, -0.25) is 4.98 Å². The smallest absolute Gasteiger partial charge is 0.351 e. The van der Waals surface area contributed by atoms with Gasteiger partial charge in [-0.15, -0.1) is 0 Å². The number of nitrogens with zero attached hydrogens (tertiary/aromatic N) is 1. The number of esters is 1. The van der Waals surface area contributed by atoms with E-state index in [1.165, 1.54) is 21.3 Å². The summed E-state index contributed by atoms with van der Waals surface area (Å²) in [7, 11) is 4.48. The number of ether oxygens (including phenoxy) is 4. The second kappa shape index (κ2) is 9.41. The van der Waals surface area contributed by atoms with Crippen LogP contribution in [0.4, 0.5) is 0 Å². The van der Waals surface area contributed by atoms with E-state index >= 15 is 0 Å². The Morgan fingerprint density at radius 3 is 2.00 bits per heavy atom. The Labute approximate surface area is 169 Å². The molecule has 0 spiro atoms. The van der Waals surface area contributed by atoms with Gasteiger partial charge in [-0.05, 0) is 47.5 Å². The average molecular weight is 391 g/mol. The van der Waals surface area contributed by atoms with E-state index in [0.29, 0.717) is 23.0 Å². The van der Waals surface area contributed by atoms with E-state index in [1.54, 1.807) is 42.7 Å². The summed E-state index contributed by atoms with van der Waals surface area (Å²) >= 11 is 0. The molecule has 1 aromatic heterocycles. The molecule has 0 saturated carbocycles. The van der Waals surface area contributed by atoms with Crippen LogP contribution in [0.5, 0.6) is 23.0 Å². The summed E-state index contributed by atoms with van der Waals surface area (Å²) in [5, 5.41) is 0. The zero-order valence-corrected chi connectivity index (χ0v) is 16.4. The zero-order chi connectivity index (χ0) is 20.6. The van der Waals surface area contributed by atoms with Gasteiger partial charge in [-0.25, -0.2) is 4.79 Å². The molecule has 0 unspecified atom stereocenters. The van der Waals surface area contributed by atoms with Gasteiger partial charge in [-0.1, -0.05) is 24.3 Å². The number of pyridine rings is 1. The number of carbonyl (C=O) groups is 1. The van der Waals surface area contributed by atoms with E-state index in [1.807, 2.05) is 30.4 Å². The molecule has 0 aliphatic heterocycles. The molecule has 0 bridgehead atoms. The van der Waals surface area contributed by atoms with E-state index in [4.69, 9.17) is 18.9 Å². The molecule has 0 aliphatic carbocycles. The largest absolute Gasteiger partial charge is 0.496 e. The lowest BCUT2D eigenvalue weighted by Gasteiger charge is -2.14.